The molecule has 32 heavy (non-hydrogen) atoms. The Kier molecular flexibility index (Phi) is 5.22. The van der Waals surface area contributed by atoms with E-state index in [4.69, 9.17) is 0 Å². The number of aromatic amines is 1. The third kappa shape index (κ3) is 3.66. The number of allylic oxidation sites excluding steroid dienone is 1. The fourth-order valence-electron chi connectivity index (χ4n) is 4.53. The van der Waals surface area contributed by atoms with Gasteiger partial charge >= 0.3 is 5.69 Å². The average Bonchev–Trinajstić information content (AvgIpc) is 3.49. The lowest BCUT2D eigenvalue weighted by atomic mass is 10.1. The lowest BCUT2D eigenvalue weighted by Crippen LogP contribution is -2.49. The molecule has 2 aliphatic rings. The predicted molar refractivity (Wildman–Crippen MR) is 118 cm³/mol. The van der Waals surface area contributed by atoms with Crippen molar-refractivity contribution in [1.82, 2.24) is 29.6 Å². The van der Waals surface area contributed by atoms with Crippen LogP contribution in [0.2, 0.25) is 0 Å². The number of aromatic nitrogens is 4. The Bertz CT molecular complexity index is 1260. The second-order valence-electron chi connectivity index (χ2n) is 8.05. The molecule has 0 aromatic carbocycles. The first-order chi connectivity index (χ1) is 15.5. The van der Waals surface area contributed by atoms with E-state index in [1.54, 1.807) is 24.5 Å². The molecule has 1 aliphatic heterocycles. The van der Waals surface area contributed by atoms with Gasteiger partial charge in [0.15, 0.2) is 0 Å². The summed E-state index contributed by atoms with van der Waals surface area (Å²) in [5.41, 5.74) is 2.89. The van der Waals surface area contributed by atoms with E-state index in [0.29, 0.717) is 24.4 Å². The number of fused-ring (bicyclic) bond motifs is 1. The van der Waals surface area contributed by atoms with Crippen LogP contribution in [0.3, 0.4) is 0 Å². The van der Waals surface area contributed by atoms with Crippen LogP contribution in [0.25, 0.3) is 11.2 Å². The van der Waals surface area contributed by atoms with Gasteiger partial charge in [-0.25, -0.2) is 14.8 Å². The van der Waals surface area contributed by atoms with Gasteiger partial charge in [0.2, 0.25) is 5.95 Å². The molecule has 10 heteroatoms. The fourth-order valence-corrected chi connectivity index (χ4v) is 4.53. The summed E-state index contributed by atoms with van der Waals surface area (Å²) in [6.45, 7) is 2.94. The number of anilines is 1. The number of imidazole rings is 1. The number of rotatable bonds is 4. The Hall–Kier alpha value is -3.53. The molecular formula is C22H24FN7O2. The van der Waals surface area contributed by atoms with Crippen LogP contribution in [0.15, 0.2) is 41.5 Å². The molecule has 2 N–H and O–H groups in total. The molecule has 9 nitrogen and oxygen atoms in total. The maximum absolute atomic E-state index is 14.5. The van der Waals surface area contributed by atoms with Gasteiger partial charge in [-0.3, -0.25) is 14.1 Å². The number of H-pyrrole nitrogens is 1. The van der Waals surface area contributed by atoms with Crippen molar-refractivity contribution in [3.05, 3.63) is 64.5 Å². The molecule has 0 radical (unpaired) electrons. The van der Waals surface area contributed by atoms with Crippen molar-refractivity contribution in [1.29, 1.82) is 0 Å². The SMILES string of the molecule is CNC(=O)c1ccc(N2CCN(C3C=C(c4cc5nccn5c(=O)[nH]4)CC3)CC2)c(F)n1. The number of carbonyl (C=O) groups is 1. The molecule has 1 unspecified atom stereocenters. The molecule has 4 heterocycles. The lowest BCUT2D eigenvalue weighted by Gasteiger charge is -2.38. The largest absolute Gasteiger partial charge is 0.365 e. The molecule has 0 spiro atoms. The van der Waals surface area contributed by atoms with Crippen LogP contribution < -0.4 is 15.9 Å². The molecule has 3 aromatic heterocycles. The highest BCUT2D eigenvalue weighted by atomic mass is 19.1. The summed E-state index contributed by atoms with van der Waals surface area (Å²) in [6.07, 6.45) is 7.35. The Balaban J connectivity index is 1.26. The molecule has 1 amide bonds. The summed E-state index contributed by atoms with van der Waals surface area (Å²) in [7, 11) is 1.49. The first-order valence-corrected chi connectivity index (χ1v) is 10.7. The van der Waals surface area contributed by atoms with Crippen LogP contribution in [-0.2, 0) is 0 Å². The third-order valence-corrected chi connectivity index (χ3v) is 6.26. The van der Waals surface area contributed by atoms with Gasteiger partial charge in [0.1, 0.15) is 11.3 Å². The van der Waals surface area contributed by atoms with Crippen LogP contribution in [0.1, 0.15) is 29.0 Å². The maximum Gasteiger partial charge on any atom is 0.331 e. The first-order valence-electron chi connectivity index (χ1n) is 10.7. The Morgan fingerprint density at radius 2 is 2.06 bits per heavy atom. The summed E-state index contributed by atoms with van der Waals surface area (Å²) in [6, 6.07) is 5.36. The van der Waals surface area contributed by atoms with E-state index < -0.39 is 11.9 Å². The quantitative estimate of drug-likeness (QED) is 0.597. The van der Waals surface area contributed by atoms with E-state index in [1.807, 2.05) is 11.0 Å². The number of amides is 1. The normalized spacial score (nSPS) is 19.4. The van der Waals surface area contributed by atoms with Gasteiger partial charge in [-0.2, -0.15) is 4.39 Å². The smallest absolute Gasteiger partial charge is 0.331 e. The fraction of sp³-hybridized carbons (Fsp3) is 0.364. The Morgan fingerprint density at radius 1 is 1.25 bits per heavy atom. The zero-order valence-electron chi connectivity index (χ0n) is 17.7. The van der Waals surface area contributed by atoms with Gasteiger partial charge in [0, 0.05) is 63.4 Å². The van der Waals surface area contributed by atoms with Crippen LogP contribution in [-0.4, -0.2) is 69.4 Å². The van der Waals surface area contributed by atoms with Crippen molar-refractivity contribution < 1.29 is 9.18 Å². The van der Waals surface area contributed by atoms with Gasteiger partial charge in [0.25, 0.3) is 5.91 Å². The number of hydrogen-bond donors (Lipinski definition) is 2. The monoisotopic (exact) mass is 437 g/mol. The standard InChI is InChI=1S/C22H24FN7O2/c1-24-21(31)16-4-5-18(20(23)26-16)29-10-8-28(9-11-29)15-3-2-14(12-15)17-13-19-25-6-7-30(19)22(32)27-17/h4-7,12-13,15H,2-3,8-11H2,1H3,(H,24,31)(H,27,32). The highest BCUT2D eigenvalue weighted by Gasteiger charge is 2.28. The van der Waals surface area contributed by atoms with E-state index in [0.717, 1.165) is 37.2 Å². The topological polar surface area (TPSA) is 98.6 Å². The summed E-state index contributed by atoms with van der Waals surface area (Å²) in [5, 5.41) is 2.45. The van der Waals surface area contributed by atoms with Gasteiger partial charge in [-0.05, 0) is 30.5 Å². The maximum atomic E-state index is 14.5. The Morgan fingerprint density at radius 3 is 2.81 bits per heavy atom. The van der Waals surface area contributed by atoms with Crippen molar-refractivity contribution in [3.8, 4) is 0 Å². The van der Waals surface area contributed by atoms with E-state index in [9.17, 15) is 14.0 Å². The first kappa shape index (κ1) is 20.4. The number of piperazine rings is 1. The lowest BCUT2D eigenvalue weighted by molar-refractivity contribution is 0.0957. The molecule has 1 atom stereocenters. The minimum atomic E-state index is -0.624. The molecule has 1 saturated heterocycles. The molecule has 166 valence electrons. The number of carbonyl (C=O) groups excluding carboxylic acids is 1. The van der Waals surface area contributed by atoms with Gasteiger partial charge in [0.05, 0.1) is 5.69 Å². The number of nitrogens with one attached hydrogen (secondary N) is 2. The Labute approximate surface area is 183 Å². The molecule has 5 rings (SSSR count). The van der Waals surface area contributed by atoms with Gasteiger partial charge < -0.3 is 15.2 Å². The van der Waals surface area contributed by atoms with Crippen molar-refractivity contribution >= 4 is 22.8 Å². The minimum absolute atomic E-state index is 0.0718. The highest BCUT2D eigenvalue weighted by Crippen LogP contribution is 2.30. The number of pyridine rings is 1. The number of hydrogen-bond acceptors (Lipinski definition) is 6. The molecule has 0 saturated carbocycles. The van der Waals surface area contributed by atoms with Crippen molar-refractivity contribution in [2.24, 2.45) is 0 Å². The second-order valence-corrected chi connectivity index (χ2v) is 8.05. The second kappa shape index (κ2) is 8.19. The average molecular weight is 437 g/mol. The summed E-state index contributed by atoms with van der Waals surface area (Å²) in [5.74, 6) is -1.03. The number of halogens is 1. The molecule has 0 bridgehead atoms. The molecule has 1 aliphatic carbocycles. The van der Waals surface area contributed by atoms with Crippen molar-refractivity contribution in [3.63, 3.8) is 0 Å². The predicted octanol–water partition coefficient (Wildman–Crippen LogP) is 1.28. The van der Waals surface area contributed by atoms with Crippen LogP contribution in [0, 0.1) is 5.95 Å². The summed E-state index contributed by atoms with van der Waals surface area (Å²) in [4.78, 5) is 39.2. The summed E-state index contributed by atoms with van der Waals surface area (Å²) < 4.78 is 16.0. The van der Waals surface area contributed by atoms with E-state index in [2.05, 4.69) is 31.2 Å². The minimum Gasteiger partial charge on any atom is -0.365 e. The van der Waals surface area contributed by atoms with E-state index in [-0.39, 0.29) is 17.4 Å². The van der Waals surface area contributed by atoms with Crippen LogP contribution >= 0.6 is 0 Å². The zero-order valence-corrected chi connectivity index (χ0v) is 17.7. The van der Waals surface area contributed by atoms with Gasteiger partial charge in [-0.15, -0.1) is 0 Å². The summed E-state index contributed by atoms with van der Waals surface area (Å²) >= 11 is 0. The highest BCUT2D eigenvalue weighted by molar-refractivity contribution is 5.92. The van der Waals surface area contributed by atoms with E-state index in [1.165, 1.54) is 11.4 Å². The third-order valence-electron chi connectivity index (χ3n) is 6.26. The molecular weight excluding hydrogens is 413 g/mol. The molecule has 3 aromatic rings. The number of nitrogens with zero attached hydrogens (tertiary/aromatic N) is 5. The van der Waals surface area contributed by atoms with Gasteiger partial charge in [-0.1, -0.05) is 6.08 Å². The van der Waals surface area contributed by atoms with Crippen molar-refractivity contribution in [2.45, 2.75) is 18.9 Å². The molecule has 1 fully saturated rings. The van der Waals surface area contributed by atoms with Crippen molar-refractivity contribution in [2.75, 3.05) is 38.1 Å². The van der Waals surface area contributed by atoms with E-state index >= 15 is 0 Å². The van der Waals surface area contributed by atoms with Crippen LogP contribution in [0.5, 0.6) is 0 Å². The zero-order chi connectivity index (χ0) is 22.2. The van der Waals surface area contributed by atoms with Crippen LogP contribution in [0.4, 0.5) is 10.1 Å².